The summed E-state index contributed by atoms with van der Waals surface area (Å²) < 4.78 is 5.43. The molecule has 0 bridgehead atoms. The highest BCUT2D eigenvalue weighted by atomic mass is 16.5. The third-order valence-corrected chi connectivity index (χ3v) is 7.05. The Bertz CT molecular complexity index is 986. The minimum Gasteiger partial charge on any atom is -0.478 e. The Kier molecular flexibility index (Phi) is 8.74. The van der Waals surface area contributed by atoms with Gasteiger partial charge in [-0.3, -0.25) is 9.69 Å². The van der Waals surface area contributed by atoms with Crippen molar-refractivity contribution in [3.8, 4) is 0 Å². The summed E-state index contributed by atoms with van der Waals surface area (Å²) in [4.78, 5) is 31.6. The Labute approximate surface area is 207 Å². The third kappa shape index (κ3) is 6.81. The van der Waals surface area contributed by atoms with Crippen molar-refractivity contribution in [1.82, 2.24) is 9.80 Å². The van der Waals surface area contributed by atoms with E-state index in [1.807, 2.05) is 24.3 Å². The van der Waals surface area contributed by atoms with Crippen molar-refractivity contribution >= 4 is 23.3 Å². The van der Waals surface area contributed by atoms with Crippen molar-refractivity contribution in [3.05, 3.63) is 59.7 Å². The van der Waals surface area contributed by atoms with Gasteiger partial charge in [0.05, 0.1) is 30.2 Å². The van der Waals surface area contributed by atoms with Gasteiger partial charge in [-0.25, -0.2) is 4.79 Å². The van der Waals surface area contributed by atoms with Crippen molar-refractivity contribution in [2.24, 2.45) is 0 Å². The molecule has 188 valence electrons. The SMILES string of the molecule is CN(CCCN1CCOCC1)C1CCN(c2ccc(C(=O)O)cc2NC(=O)c2ccccc2)CC1. The summed E-state index contributed by atoms with van der Waals surface area (Å²) in [7, 11) is 2.22. The van der Waals surface area contributed by atoms with E-state index in [1.54, 1.807) is 24.3 Å². The van der Waals surface area contributed by atoms with Crippen molar-refractivity contribution in [3.63, 3.8) is 0 Å². The molecule has 8 nitrogen and oxygen atoms in total. The van der Waals surface area contributed by atoms with Crippen LogP contribution in [0.5, 0.6) is 0 Å². The van der Waals surface area contributed by atoms with E-state index in [2.05, 4.69) is 27.1 Å². The smallest absolute Gasteiger partial charge is 0.335 e. The number of carbonyl (C=O) groups is 2. The Morgan fingerprint density at radius 1 is 1.03 bits per heavy atom. The number of amides is 1. The monoisotopic (exact) mass is 480 g/mol. The molecule has 2 N–H and O–H groups in total. The van der Waals surface area contributed by atoms with Gasteiger partial charge in [-0.2, -0.15) is 0 Å². The molecule has 0 aliphatic carbocycles. The van der Waals surface area contributed by atoms with E-state index in [-0.39, 0.29) is 11.5 Å². The minimum atomic E-state index is -1.01. The van der Waals surface area contributed by atoms with Gasteiger partial charge in [0.15, 0.2) is 0 Å². The summed E-state index contributed by atoms with van der Waals surface area (Å²) in [6.07, 6.45) is 3.21. The van der Waals surface area contributed by atoms with Crippen LogP contribution in [0.2, 0.25) is 0 Å². The number of nitrogens with one attached hydrogen (secondary N) is 1. The first-order chi connectivity index (χ1) is 17.0. The van der Waals surface area contributed by atoms with Gasteiger partial charge < -0.3 is 25.0 Å². The van der Waals surface area contributed by atoms with E-state index in [4.69, 9.17) is 4.74 Å². The first kappa shape index (κ1) is 25.2. The van der Waals surface area contributed by atoms with E-state index >= 15 is 0 Å². The fourth-order valence-electron chi connectivity index (χ4n) is 4.93. The van der Waals surface area contributed by atoms with Crippen LogP contribution in [0, 0.1) is 0 Å². The largest absolute Gasteiger partial charge is 0.478 e. The number of hydrogen-bond donors (Lipinski definition) is 2. The number of carboxylic acid groups (broad SMARTS) is 1. The highest BCUT2D eigenvalue weighted by Crippen LogP contribution is 2.31. The van der Waals surface area contributed by atoms with Gasteiger partial charge in [0.1, 0.15) is 0 Å². The minimum absolute atomic E-state index is 0.159. The van der Waals surface area contributed by atoms with Gasteiger partial charge in [0.2, 0.25) is 0 Å². The normalized spacial score (nSPS) is 17.5. The number of anilines is 2. The molecule has 8 heteroatoms. The van der Waals surface area contributed by atoms with Gasteiger partial charge in [-0.05, 0) is 69.7 Å². The second-order valence-corrected chi connectivity index (χ2v) is 9.36. The van der Waals surface area contributed by atoms with E-state index in [0.29, 0.717) is 17.3 Å². The molecular weight excluding hydrogens is 444 g/mol. The van der Waals surface area contributed by atoms with Crippen molar-refractivity contribution in [1.29, 1.82) is 0 Å². The number of rotatable bonds is 9. The quantitative estimate of drug-likeness (QED) is 0.570. The Hall–Kier alpha value is -2.94. The lowest BCUT2D eigenvalue weighted by atomic mass is 10.0. The molecule has 2 aliphatic rings. The fourth-order valence-corrected chi connectivity index (χ4v) is 4.93. The first-order valence-electron chi connectivity index (χ1n) is 12.5. The molecule has 2 saturated heterocycles. The van der Waals surface area contributed by atoms with Crippen LogP contribution in [0.4, 0.5) is 11.4 Å². The number of carboxylic acids is 1. The summed E-state index contributed by atoms with van der Waals surface area (Å²) in [6.45, 7) is 7.67. The van der Waals surface area contributed by atoms with Crippen LogP contribution in [0.25, 0.3) is 0 Å². The number of benzene rings is 2. The maximum Gasteiger partial charge on any atom is 0.335 e. The molecule has 0 atom stereocenters. The number of carbonyl (C=O) groups excluding carboxylic acids is 1. The molecule has 0 saturated carbocycles. The van der Waals surface area contributed by atoms with Crippen LogP contribution in [-0.4, -0.2) is 92.4 Å². The van der Waals surface area contributed by atoms with E-state index in [9.17, 15) is 14.7 Å². The second-order valence-electron chi connectivity index (χ2n) is 9.36. The van der Waals surface area contributed by atoms with E-state index < -0.39 is 5.97 Å². The maximum absolute atomic E-state index is 12.8. The summed E-state index contributed by atoms with van der Waals surface area (Å²) in [6, 6.07) is 14.5. The number of hydrogen-bond acceptors (Lipinski definition) is 6. The molecular formula is C27H36N4O4. The molecule has 0 spiro atoms. The lowest BCUT2D eigenvalue weighted by molar-refractivity contribution is 0.0357. The van der Waals surface area contributed by atoms with Crippen molar-refractivity contribution in [2.75, 3.05) is 69.7 Å². The zero-order valence-electron chi connectivity index (χ0n) is 20.5. The predicted molar refractivity (Wildman–Crippen MR) is 138 cm³/mol. The molecule has 2 aromatic carbocycles. The van der Waals surface area contributed by atoms with Crippen LogP contribution < -0.4 is 10.2 Å². The molecule has 2 heterocycles. The number of nitrogens with zero attached hydrogens (tertiary/aromatic N) is 3. The molecule has 35 heavy (non-hydrogen) atoms. The molecule has 2 fully saturated rings. The maximum atomic E-state index is 12.8. The Balaban J connectivity index is 1.35. The zero-order valence-corrected chi connectivity index (χ0v) is 20.5. The first-order valence-corrected chi connectivity index (χ1v) is 12.5. The van der Waals surface area contributed by atoms with Gasteiger partial charge in [-0.15, -0.1) is 0 Å². The molecule has 1 amide bonds. The molecule has 0 aromatic heterocycles. The summed E-state index contributed by atoms with van der Waals surface area (Å²) in [5.74, 6) is -1.26. The van der Waals surface area contributed by atoms with E-state index in [1.165, 1.54) is 0 Å². The van der Waals surface area contributed by atoms with E-state index in [0.717, 1.165) is 77.4 Å². The van der Waals surface area contributed by atoms with Crippen LogP contribution in [0.1, 0.15) is 40.0 Å². The Morgan fingerprint density at radius 3 is 2.43 bits per heavy atom. The van der Waals surface area contributed by atoms with Gasteiger partial charge in [0.25, 0.3) is 5.91 Å². The topological polar surface area (TPSA) is 85.3 Å². The summed E-state index contributed by atoms with van der Waals surface area (Å²) in [5.41, 5.74) is 2.10. The van der Waals surface area contributed by atoms with Crippen LogP contribution in [-0.2, 0) is 4.74 Å². The molecule has 0 radical (unpaired) electrons. The average molecular weight is 481 g/mol. The summed E-state index contributed by atoms with van der Waals surface area (Å²) >= 11 is 0. The Morgan fingerprint density at radius 2 is 1.74 bits per heavy atom. The van der Waals surface area contributed by atoms with Gasteiger partial charge in [0, 0.05) is 37.8 Å². The number of ether oxygens (including phenoxy) is 1. The predicted octanol–water partition coefficient (Wildman–Crippen LogP) is 3.26. The van der Waals surface area contributed by atoms with Crippen LogP contribution >= 0.6 is 0 Å². The van der Waals surface area contributed by atoms with Crippen LogP contribution in [0.3, 0.4) is 0 Å². The zero-order chi connectivity index (χ0) is 24.6. The molecule has 2 aromatic rings. The lowest BCUT2D eigenvalue weighted by Gasteiger charge is -2.39. The van der Waals surface area contributed by atoms with Crippen molar-refractivity contribution < 1.29 is 19.4 Å². The highest BCUT2D eigenvalue weighted by molar-refractivity contribution is 6.06. The fraction of sp³-hybridized carbons (Fsp3) is 0.481. The second kappa shape index (κ2) is 12.2. The van der Waals surface area contributed by atoms with Crippen LogP contribution in [0.15, 0.2) is 48.5 Å². The molecule has 4 rings (SSSR count). The number of aromatic carboxylic acids is 1. The number of piperidine rings is 1. The third-order valence-electron chi connectivity index (χ3n) is 7.05. The van der Waals surface area contributed by atoms with Gasteiger partial charge >= 0.3 is 5.97 Å². The summed E-state index contributed by atoms with van der Waals surface area (Å²) in [5, 5.41) is 12.4. The highest BCUT2D eigenvalue weighted by Gasteiger charge is 2.25. The van der Waals surface area contributed by atoms with Crippen molar-refractivity contribution in [2.45, 2.75) is 25.3 Å². The molecule has 2 aliphatic heterocycles. The lowest BCUT2D eigenvalue weighted by Crippen LogP contribution is -2.44. The molecule has 0 unspecified atom stereocenters. The standard InChI is InChI=1S/C27H36N4O4/c1-29(12-5-13-30-16-18-35-19-17-30)23-10-14-31(15-11-23)25-9-8-22(27(33)34)20-24(25)28-26(32)21-6-3-2-4-7-21/h2-4,6-9,20,23H,5,10-19H2,1H3,(H,28,32)(H,33,34). The average Bonchev–Trinajstić information content (AvgIpc) is 2.90. The van der Waals surface area contributed by atoms with Gasteiger partial charge in [-0.1, -0.05) is 18.2 Å². The number of morpholine rings is 1.